The van der Waals surface area contributed by atoms with E-state index >= 15 is 0 Å². The number of hydrogen-bond acceptors (Lipinski definition) is 7. The van der Waals surface area contributed by atoms with Crippen molar-refractivity contribution in [1.82, 2.24) is 0 Å². The van der Waals surface area contributed by atoms with Crippen LogP contribution in [-0.2, 0) is 6.18 Å². The zero-order valence-electron chi connectivity index (χ0n) is 13.0. The Labute approximate surface area is 148 Å². The fourth-order valence-electron chi connectivity index (χ4n) is 1.95. The van der Waals surface area contributed by atoms with Crippen LogP contribution in [0.2, 0.25) is 0 Å². The van der Waals surface area contributed by atoms with Gasteiger partial charge in [0.25, 0.3) is 0 Å². The van der Waals surface area contributed by atoms with Crippen LogP contribution in [0.15, 0.2) is 47.6 Å². The highest BCUT2D eigenvalue weighted by molar-refractivity contribution is 6.11. The molecule has 0 fully saturated rings. The molecule has 0 aromatic heterocycles. The molecule has 0 aliphatic rings. The van der Waals surface area contributed by atoms with Gasteiger partial charge in [-0.1, -0.05) is 35.5 Å². The molecule has 12 heteroatoms. The minimum atomic E-state index is -5.06. The van der Waals surface area contributed by atoms with Crippen molar-refractivity contribution in [2.75, 3.05) is 0 Å². The lowest BCUT2D eigenvalue weighted by atomic mass is 10.1. The lowest BCUT2D eigenvalue weighted by Crippen LogP contribution is -2.09. The number of nitriles is 1. The number of benzene rings is 2. The van der Waals surface area contributed by atoms with Crippen molar-refractivity contribution in [2.45, 2.75) is 6.18 Å². The van der Waals surface area contributed by atoms with Gasteiger partial charge in [0.15, 0.2) is 5.71 Å². The zero-order valence-corrected chi connectivity index (χ0v) is 13.0. The predicted molar refractivity (Wildman–Crippen MR) is 84.0 cm³/mol. The maximum absolute atomic E-state index is 12.8. The molecule has 0 unspecified atom stereocenters. The highest BCUT2D eigenvalue weighted by Crippen LogP contribution is 2.42. The summed E-state index contributed by atoms with van der Waals surface area (Å²) in [5, 5.41) is 34.6. The Kier molecular flexibility index (Phi) is 5.35. The summed E-state index contributed by atoms with van der Waals surface area (Å²) < 4.78 is 38.5. The summed E-state index contributed by atoms with van der Waals surface area (Å²) in [6, 6.07) is 9.42. The lowest BCUT2D eigenvalue weighted by molar-refractivity contribution is -0.396. The van der Waals surface area contributed by atoms with E-state index in [0.29, 0.717) is 0 Å². The van der Waals surface area contributed by atoms with Crippen LogP contribution in [0.5, 0.6) is 5.75 Å². The Morgan fingerprint density at radius 3 is 2.00 bits per heavy atom. The molecule has 0 N–H and O–H groups in total. The Bertz CT molecular complexity index is 933. The quantitative estimate of drug-likeness (QED) is 0.440. The smallest absolute Gasteiger partial charge is 0.341 e. The van der Waals surface area contributed by atoms with Gasteiger partial charge in [-0.3, -0.25) is 20.2 Å². The minimum absolute atomic E-state index is 0.0897. The van der Waals surface area contributed by atoms with E-state index in [1.165, 1.54) is 12.1 Å². The average molecular weight is 380 g/mol. The van der Waals surface area contributed by atoms with Gasteiger partial charge in [0.1, 0.15) is 6.07 Å². The summed E-state index contributed by atoms with van der Waals surface area (Å²) in [6.45, 7) is 0. The Morgan fingerprint density at radius 2 is 1.59 bits per heavy atom. The molecule has 0 saturated heterocycles. The first kappa shape index (κ1) is 19.3. The number of halogens is 3. The van der Waals surface area contributed by atoms with E-state index in [-0.39, 0.29) is 23.4 Å². The summed E-state index contributed by atoms with van der Waals surface area (Å²) in [5.41, 5.74) is -4.38. The number of nitrogens with zero attached hydrogens (tertiary/aromatic N) is 4. The van der Waals surface area contributed by atoms with Crippen LogP contribution in [0.25, 0.3) is 0 Å². The van der Waals surface area contributed by atoms with Crippen molar-refractivity contribution in [2.24, 2.45) is 5.16 Å². The molecule has 0 radical (unpaired) electrons. The van der Waals surface area contributed by atoms with Crippen LogP contribution in [0.4, 0.5) is 24.5 Å². The van der Waals surface area contributed by atoms with E-state index in [0.717, 1.165) is 0 Å². The standard InChI is InChI=1S/C15H7F3N4O5/c16-15(17,18)10-6-12(21(23)24)14(13(7-10)22(25)26)27-20-11(8-19)9-4-2-1-3-5-9/h1-7H. The van der Waals surface area contributed by atoms with Gasteiger partial charge in [-0.2, -0.15) is 18.4 Å². The SMILES string of the molecule is N#CC(=NOc1c([N+](=O)[O-])cc(C(F)(F)F)cc1[N+](=O)[O-])c1ccccc1. The molecule has 0 spiro atoms. The summed E-state index contributed by atoms with van der Waals surface area (Å²) in [6.07, 6.45) is -5.06. The molecule has 2 aromatic rings. The van der Waals surface area contributed by atoms with Gasteiger partial charge >= 0.3 is 23.3 Å². The normalized spacial score (nSPS) is 11.6. The molecule has 2 rings (SSSR count). The van der Waals surface area contributed by atoms with Gasteiger partial charge in [0.05, 0.1) is 15.4 Å². The molecule has 0 saturated carbocycles. The zero-order chi connectivity index (χ0) is 20.2. The third kappa shape index (κ3) is 4.34. The van der Waals surface area contributed by atoms with E-state index in [1.807, 2.05) is 0 Å². The van der Waals surface area contributed by atoms with Gasteiger partial charge in [0.2, 0.25) is 0 Å². The Hall–Kier alpha value is -4.01. The lowest BCUT2D eigenvalue weighted by Gasteiger charge is -2.08. The molecule has 9 nitrogen and oxygen atoms in total. The van der Waals surface area contributed by atoms with Crippen LogP contribution in [0.3, 0.4) is 0 Å². The number of nitro groups is 2. The van der Waals surface area contributed by atoms with Crippen molar-refractivity contribution >= 4 is 17.1 Å². The highest BCUT2D eigenvalue weighted by atomic mass is 19.4. The van der Waals surface area contributed by atoms with Crippen LogP contribution >= 0.6 is 0 Å². The molecule has 27 heavy (non-hydrogen) atoms. The molecular formula is C15H7F3N4O5. The molecule has 0 atom stereocenters. The first-order valence-electron chi connectivity index (χ1n) is 6.89. The van der Waals surface area contributed by atoms with Gasteiger partial charge in [-0.15, -0.1) is 0 Å². The third-order valence-electron chi connectivity index (χ3n) is 3.15. The summed E-state index contributed by atoms with van der Waals surface area (Å²) in [4.78, 5) is 24.3. The van der Waals surface area contributed by atoms with Crippen molar-refractivity contribution in [3.8, 4) is 11.8 Å². The first-order valence-corrected chi connectivity index (χ1v) is 6.89. The highest BCUT2D eigenvalue weighted by Gasteiger charge is 2.38. The molecule has 0 aliphatic carbocycles. The average Bonchev–Trinajstić information content (AvgIpc) is 2.61. The molecule has 0 heterocycles. The van der Waals surface area contributed by atoms with E-state index in [4.69, 9.17) is 5.26 Å². The number of alkyl halides is 3. The third-order valence-corrected chi connectivity index (χ3v) is 3.15. The maximum Gasteiger partial charge on any atom is 0.416 e. The predicted octanol–water partition coefficient (Wildman–Crippen LogP) is 3.83. The fraction of sp³-hybridized carbons (Fsp3) is 0.0667. The fourth-order valence-corrected chi connectivity index (χ4v) is 1.95. The van der Waals surface area contributed by atoms with E-state index in [2.05, 4.69) is 9.99 Å². The maximum atomic E-state index is 12.8. The largest absolute Gasteiger partial charge is 0.416 e. The van der Waals surface area contributed by atoms with Gasteiger partial charge < -0.3 is 4.84 Å². The topological polar surface area (TPSA) is 132 Å². The summed E-state index contributed by atoms with van der Waals surface area (Å²) >= 11 is 0. The van der Waals surface area contributed by atoms with Gasteiger partial charge in [-0.05, 0) is 0 Å². The molecule has 138 valence electrons. The van der Waals surface area contributed by atoms with Crippen LogP contribution in [0.1, 0.15) is 11.1 Å². The molecular weight excluding hydrogens is 373 g/mol. The van der Waals surface area contributed by atoms with E-state index < -0.39 is 38.7 Å². The van der Waals surface area contributed by atoms with Gasteiger partial charge in [0, 0.05) is 17.7 Å². The monoisotopic (exact) mass is 380 g/mol. The van der Waals surface area contributed by atoms with Crippen LogP contribution in [-0.4, -0.2) is 15.6 Å². The van der Waals surface area contributed by atoms with Crippen molar-refractivity contribution in [3.05, 3.63) is 73.8 Å². The second kappa shape index (κ2) is 7.48. The molecule has 0 amide bonds. The number of hydrogen-bond donors (Lipinski definition) is 0. The van der Waals surface area contributed by atoms with Crippen molar-refractivity contribution < 1.29 is 27.9 Å². The van der Waals surface area contributed by atoms with Crippen molar-refractivity contribution in [1.29, 1.82) is 5.26 Å². The molecule has 0 bridgehead atoms. The number of nitro benzene ring substituents is 2. The van der Waals surface area contributed by atoms with Crippen LogP contribution in [0, 0.1) is 31.6 Å². The first-order chi connectivity index (χ1) is 12.6. The number of rotatable bonds is 5. The second-order valence-electron chi connectivity index (χ2n) is 4.86. The Morgan fingerprint density at radius 1 is 1.07 bits per heavy atom. The van der Waals surface area contributed by atoms with Gasteiger partial charge in [-0.25, -0.2) is 0 Å². The van der Waals surface area contributed by atoms with E-state index in [1.54, 1.807) is 24.3 Å². The number of oxime groups is 1. The summed E-state index contributed by atoms with van der Waals surface area (Å²) in [5.74, 6) is -1.12. The molecule has 0 aliphatic heterocycles. The summed E-state index contributed by atoms with van der Waals surface area (Å²) in [7, 11) is 0. The van der Waals surface area contributed by atoms with E-state index in [9.17, 15) is 33.4 Å². The minimum Gasteiger partial charge on any atom is -0.341 e. The van der Waals surface area contributed by atoms with Crippen LogP contribution < -0.4 is 4.84 Å². The molecule has 2 aromatic carbocycles. The van der Waals surface area contributed by atoms with Crippen molar-refractivity contribution in [3.63, 3.8) is 0 Å². The Balaban J connectivity index is 2.61. The second-order valence-corrected chi connectivity index (χ2v) is 4.86.